The minimum absolute atomic E-state index is 0.0112. The number of benzene rings is 1. The summed E-state index contributed by atoms with van der Waals surface area (Å²) >= 11 is 0. The quantitative estimate of drug-likeness (QED) is 0.755. The first-order chi connectivity index (χ1) is 13.6. The first-order valence-electron chi connectivity index (χ1n) is 9.13. The summed E-state index contributed by atoms with van der Waals surface area (Å²) < 4.78 is 7.60. The Morgan fingerprint density at radius 2 is 2.18 bits per heavy atom. The zero-order chi connectivity index (χ0) is 19.5. The van der Waals surface area contributed by atoms with Crippen LogP contribution in [0.3, 0.4) is 0 Å². The first-order valence-corrected chi connectivity index (χ1v) is 9.13. The summed E-state index contributed by atoms with van der Waals surface area (Å²) in [4.78, 5) is 14.6. The summed E-state index contributed by atoms with van der Waals surface area (Å²) in [6.45, 7) is 1.31. The maximum Gasteiger partial charge on any atom is 0.257 e. The number of amides is 1. The molecular formula is C20H20N6O2. The molecule has 0 saturated carbocycles. The number of rotatable bonds is 4. The minimum atomic E-state index is -0.0112. The number of aromatic amines is 1. The van der Waals surface area contributed by atoms with E-state index in [-0.39, 0.29) is 11.8 Å². The van der Waals surface area contributed by atoms with Gasteiger partial charge < -0.3 is 9.64 Å². The molecule has 2 aromatic heterocycles. The molecule has 0 radical (unpaired) electrons. The van der Waals surface area contributed by atoms with Crippen molar-refractivity contribution in [1.29, 1.82) is 5.26 Å². The van der Waals surface area contributed by atoms with Gasteiger partial charge in [0.25, 0.3) is 5.91 Å². The van der Waals surface area contributed by atoms with E-state index in [1.165, 1.54) is 0 Å². The van der Waals surface area contributed by atoms with Crippen LogP contribution < -0.4 is 4.74 Å². The summed E-state index contributed by atoms with van der Waals surface area (Å²) in [6.07, 6.45) is 6.89. The maximum atomic E-state index is 12.8. The van der Waals surface area contributed by atoms with Gasteiger partial charge in [-0.05, 0) is 37.1 Å². The number of aromatic nitrogens is 4. The smallest absolute Gasteiger partial charge is 0.257 e. The number of ether oxygens (including phenoxy) is 1. The summed E-state index contributed by atoms with van der Waals surface area (Å²) in [5, 5.41) is 20.3. The van der Waals surface area contributed by atoms with Crippen LogP contribution in [0.4, 0.5) is 0 Å². The standard InChI is InChI=1S/C20H20N6O2/c1-25-12-16(10-23-25)20(27)26-8-2-3-15(13-26)19-18(11-22-24-19)28-17-6-4-14(9-21)5-7-17/h4-7,10-12,15H,2-3,8,13H2,1H3,(H,22,24). The molecule has 1 aliphatic heterocycles. The van der Waals surface area contributed by atoms with E-state index in [9.17, 15) is 4.79 Å². The second kappa shape index (κ2) is 7.56. The molecule has 1 unspecified atom stereocenters. The molecule has 8 heteroatoms. The molecule has 0 aliphatic carbocycles. The second-order valence-electron chi connectivity index (χ2n) is 6.87. The zero-order valence-corrected chi connectivity index (χ0v) is 15.5. The molecule has 3 heterocycles. The highest BCUT2D eigenvalue weighted by Crippen LogP contribution is 2.34. The molecule has 28 heavy (non-hydrogen) atoms. The molecule has 1 N–H and O–H groups in total. The van der Waals surface area contributed by atoms with Gasteiger partial charge in [0.05, 0.1) is 29.6 Å². The van der Waals surface area contributed by atoms with Crippen molar-refractivity contribution in [2.75, 3.05) is 13.1 Å². The molecular weight excluding hydrogens is 356 g/mol. The number of hydrogen-bond donors (Lipinski definition) is 1. The Hall–Kier alpha value is -3.60. The van der Waals surface area contributed by atoms with Crippen molar-refractivity contribution in [3.8, 4) is 17.6 Å². The Balaban J connectivity index is 1.49. The van der Waals surface area contributed by atoms with Crippen LogP contribution in [0.25, 0.3) is 0 Å². The van der Waals surface area contributed by atoms with Crippen LogP contribution in [0.2, 0.25) is 0 Å². The number of carbonyl (C=O) groups is 1. The van der Waals surface area contributed by atoms with Crippen molar-refractivity contribution in [1.82, 2.24) is 24.9 Å². The van der Waals surface area contributed by atoms with Crippen LogP contribution >= 0.6 is 0 Å². The van der Waals surface area contributed by atoms with Crippen LogP contribution in [0.5, 0.6) is 11.5 Å². The Bertz CT molecular complexity index is 1010. The van der Waals surface area contributed by atoms with Gasteiger partial charge in [0.15, 0.2) is 5.75 Å². The van der Waals surface area contributed by atoms with Gasteiger partial charge in [0.2, 0.25) is 0 Å². The number of nitrogens with zero attached hydrogens (tertiary/aromatic N) is 5. The van der Waals surface area contributed by atoms with E-state index in [0.29, 0.717) is 29.2 Å². The average Bonchev–Trinajstić information content (AvgIpc) is 3.37. The number of piperidine rings is 1. The zero-order valence-electron chi connectivity index (χ0n) is 15.5. The van der Waals surface area contributed by atoms with E-state index in [0.717, 1.165) is 25.1 Å². The number of likely N-dealkylation sites (tertiary alicyclic amines) is 1. The maximum absolute atomic E-state index is 12.8. The fourth-order valence-electron chi connectivity index (χ4n) is 3.49. The van der Waals surface area contributed by atoms with Crippen molar-refractivity contribution in [3.05, 3.63) is 59.7 Å². The predicted octanol–water partition coefficient (Wildman–Crippen LogP) is 2.83. The molecule has 3 aromatic rings. The number of carbonyl (C=O) groups excluding carboxylic acids is 1. The van der Waals surface area contributed by atoms with E-state index >= 15 is 0 Å². The molecule has 4 rings (SSSR count). The Kier molecular flexibility index (Phi) is 4.81. The van der Waals surface area contributed by atoms with Gasteiger partial charge in [0.1, 0.15) is 11.4 Å². The van der Waals surface area contributed by atoms with Crippen molar-refractivity contribution in [2.45, 2.75) is 18.8 Å². The van der Waals surface area contributed by atoms with E-state index in [1.807, 2.05) is 4.90 Å². The summed E-state index contributed by atoms with van der Waals surface area (Å²) in [5.41, 5.74) is 1.99. The lowest BCUT2D eigenvalue weighted by atomic mass is 9.94. The van der Waals surface area contributed by atoms with Crippen LogP contribution in [0.15, 0.2) is 42.9 Å². The molecule has 1 fully saturated rings. The van der Waals surface area contributed by atoms with Gasteiger partial charge in [-0.2, -0.15) is 15.5 Å². The highest BCUT2D eigenvalue weighted by atomic mass is 16.5. The summed E-state index contributed by atoms with van der Waals surface area (Å²) in [7, 11) is 1.80. The van der Waals surface area contributed by atoms with Crippen molar-refractivity contribution < 1.29 is 9.53 Å². The molecule has 1 aromatic carbocycles. The van der Waals surface area contributed by atoms with Crippen molar-refractivity contribution >= 4 is 5.91 Å². The molecule has 1 saturated heterocycles. The minimum Gasteiger partial charge on any atom is -0.454 e. The van der Waals surface area contributed by atoms with Gasteiger partial charge in [-0.1, -0.05) is 0 Å². The third kappa shape index (κ3) is 3.60. The number of hydrogen-bond acceptors (Lipinski definition) is 5. The van der Waals surface area contributed by atoms with E-state index < -0.39 is 0 Å². The van der Waals surface area contributed by atoms with Crippen LogP contribution in [0.1, 0.15) is 40.4 Å². The highest BCUT2D eigenvalue weighted by molar-refractivity contribution is 5.93. The van der Waals surface area contributed by atoms with Gasteiger partial charge in [0, 0.05) is 32.3 Å². The lowest BCUT2D eigenvalue weighted by Gasteiger charge is -2.32. The molecule has 0 bridgehead atoms. The van der Waals surface area contributed by atoms with Crippen LogP contribution in [-0.4, -0.2) is 43.9 Å². The fourth-order valence-corrected chi connectivity index (χ4v) is 3.49. The predicted molar refractivity (Wildman–Crippen MR) is 101 cm³/mol. The van der Waals surface area contributed by atoms with Gasteiger partial charge in [-0.3, -0.25) is 14.6 Å². The Morgan fingerprint density at radius 3 is 2.89 bits per heavy atom. The monoisotopic (exact) mass is 376 g/mol. The SMILES string of the molecule is Cn1cc(C(=O)N2CCCC(c3n[nH]cc3Oc3ccc(C#N)cc3)C2)cn1. The fraction of sp³-hybridized carbons (Fsp3) is 0.300. The third-order valence-corrected chi connectivity index (χ3v) is 4.89. The van der Waals surface area contributed by atoms with E-state index in [4.69, 9.17) is 10.00 Å². The molecule has 0 spiro atoms. The normalized spacial score (nSPS) is 16.6. The topological polar surface area (TPSA) is 99.8 Å². The second-order valence-corrected chi connectivity index (χ2v) is 6.87. The Morgan fingerprint density at radius 1 is 1.36 bits per heavy atom. The summed E-state index contributed by atoms with van der Waals surface area (Å²) in [5.74, 6) is 1.36. The van der Waals surface area contributed by atoms with Crippen molar-refractivity contribution in [2.24, 2.45) is 7.05 Å². The highest BCUT2D eigenvalue weighted by Gasteiger charge is 2.29. The van der Waals surface area contributed by atoms with E-state index in [2.05, 4.69) is 21.4 Å². The van der Waals surface area contributed by atoms with E-state index in [1.54, 1.807) is 54.6 Å². The number of nitrogens with one attached hydrogen (secondary N) is 1. The Labute approximate surface area is 162 Å². The first kappa shape index (κ1) is 17.8. The van der Waals surface area contributed by atoms with Crippen LogP contribution in [-0.2, 0) is 7.05 Å². The lowest BCUT2D eigenvalue weighted by Crippen LogP contribution is -2.39. The number of nitriles is 1. The van der Waals surface area contributed by atoms with Crippen LogP contribution in [0, 0.1) is 11.3 Å². The van der Waals surface area contributed by atoms with Gasteiger partial charge >= 0.3 is 0 Å². The largest absolute Gasteiger partial charge is 0.454 e. The average molecular weight is 376 g/mol. The number of aryl methyl sites for hydroxylation is 1. The molecule has 1 aliphatic rings. The molecule has 1 amide bonds. The van der Waals surface area contributed by atoms with Gasteiger partial charge in [-0.15, -0.1) is 0 Å². The number of H-pyrrole nitrogens is 1. The molecule has 1 atom stereocenters. The third-order valence-electron chi connectivity index (χ3n) is 4.89. The molecule has 142 valence electrons. The molecule has 8 nitrogen and oxygen atoms in total. The lowest BCUT2D eigenvalue weighted by molar-refractivity contribution is 0.0705. The summed E-state index contributed by atoms with van der Waals surface area (Å²) in [6, 6.07) is 9.03. The van der Waals surface area contributed by atoms with Gasteiger partial charge in [-0.25, -0.2) is 0 Å². The van der Waals surface area contributed by atoms with Crippen molar-refractivity contribution in [3.63, 3.8) is 0 Å².